The maximum atomic E-state index is 14.2. The highest BCUT2D eigenvalue weighted by Gasteiger charge is 2.37. The first-order chi connectivity index (χ1) is 13.9. The number of aromatic nitrogens is 3. The Balaban J connectivity index is 2.02. The second-order valence-electron chi connectivity index (χ2n) is 6.96. The summed E-state index contributed by atoms with van der Waals surface area (Å²) in [6, 6.07) is 7.69. The fourth-order valence-electron chi connectivity index (χ4n) is 3.01. The Morgan fingerprint density at radius 3 is 2.33 bits per heavy atom. The third-order valence-corrected chi connectivity index (χ3v) is 4.37. The second kappa shape index (κ2) is 7.40. The molecule has 3 rings (SSSR count). The zero-order chi connectivity index (χ0) is 22.3. The second-order valence-corrected chi connectivity index (χ2v) is 6.96. The van der Waals surface area contributed by atoms with Gasteiger partial charge in [0.25, 0.3) is 0 Å². The molecule has 156 valence electrons. The predicted molar refractivity (Wildman–Crippen MR) is 96.2 cm³/mol. The van der Waals surface area contributed by atoms with E-state index < -0.39 is 29.0 Å². The van der Waals surface area contributed by atoms with Crippen LogP contribution in [0.4, 0.5) is 22.0 Å². The van der Waals surface area contributed by atoms with Crippen LogP contribution in [-0.4, -0.2) is 14.8 Å². The molecular formula is C20H15F5N4O. The van der Waals surface area contributed by atoms with Gasteiger partial charge in [0.15, 0.2) is 28.8 Å². The van der Waals surface area contributed by atoms with Crippen molar-refractivity contribution in [2.45, 2.75) is 25.6 Å². The molecule has 0 aliphatic rings. The molecule has 10 heteroatoms. The number of rotatable bonds is 4. The minimum absolute atomic E-state index is 0.106. The van der Waals surface area contributed by atoms with E-state index in [1.54, 1.807) is 6.07 Å². The van der Waals surface area contributed by atoms with Gasteiger partial charge in [-0.1, -0.05) is 0 Å². The number of hydrogen-bond acceptors (Lipinski definition) is 4. The van der Waals surface area contributed by atoms with Gasteiger partial charge in [-0.05, 0) is 50.2 Å². The molecule has 0 saturated heterocycles. The molecule has 0 aliphatic heterocycles. The van der Waals surface area contributed by atoms with E-state index in [9.17, 15) is 22.0 Å². The van der Waals surface area contributed by atoms with Crippen LogP contribution in [-0.2, 0) is 18.8 Å². The van der Waals surface area contributed by atoms with Gasteiger partial charge in [0.2, 0.25) is 0 Å². The first-order valence-corrected chi connectivity index (χ1v) is 8.59. The average molecular weight is 422 g/mol. The molecule has 0 aliphatic carbocycles. The summed E-state index contributed by atoms with van der Waals surface area (Å²) in [5.74, 6) is -2.02. The summed E-state index contributed by atoms with van der Waals surface area (Å²) in [5, 5.41) is 16.6. The molecule has 0 saturated carbocycles. The Kier molecular flexibility index (Phi) is 5.24. The molecule has 0 N–H and O–H groups in total. The smallest absolute Gasteiger partial charge is 0.417 e. The minimum atomic E-state index is -4.80. The number of ether oxygens (including phenoxy) is 1. The lowest BCUT2D eigenvalue weighted by atomic mass is 10.1. The summed E-state index contributed by atoms with van der Waals surface area (Å²) < 4.78 is 74.6. The van der Waals surface area contributed by atoms with Gasteiger partial charge in [-0.15, -0.1) is 10.2 Å². The summed E-state index contributed by atoms with van der Waals surface area (Å²) in [6.07, 6.45) is -4.80. The van der Waals surface area contributed by atoms with E-state index in [1.165, 1.54) is 37.6 Å². The van der Waals surface area contributed by atoms with Crippen LogP contribution >= 0.6 is 0 Å². The van der Waals surface area contributed by atoms with Crippen LogP contribution in [0.5, 0.6) is 5.75 Å². The third-order valence-electron chi connectivity index (χ3n) is 4.37. The van der Waals surface area contributed by atoms with E-state index in [-0.39, 0.29) is 28.5 Å². The zero-order valence-corrected chi connectivity index (χ0v) is 16.1. The maximum absolute atomic E-state index is 14.2. The monoisotopic (exact) mass is 422 g/mol. The predicted octanol–water partition coefficient (Wildman–Crippen LogP) is 4.96. The lowest BCUT2D eigenvalue weighted by Gasteiger charge is -2.26. The van der Waals surface area contributed by atoms with Crippen LogP contribution in [0.2, 0.25) is 0 Å². The van der Waals surface area contributed by atoms with Crippen molar-refractivity contribution in [3.05, 3.63) is 65.0 Å². The van der Waals surface area contributed by atoms with Crippen LogP contribution in [0.3, 0.4) is 0 Å². The van der Waals surface area contributed by atoms with Gasteiger partial charge in [-0.2, -0.15) is 18.4 Å². The van der Waals surface area contributed by atoms with E-state index in [0.717, 1.165) is 18.2 Å². The Labute approximate surface area is 168 Å². The molecule has 0 spiro atoms. The highest BCUT2D eigenvalue weighted by molar-refractivity contribution is 5.61. The fourth-order valence-corrected chi connectivity index (χ4v) is 3.01. The highest BCUT2D eigenvalue weighted by atomic mass is 19.4. The molecule has 0 atom stereocenters. The number of nitrogens with zero attached hydrogens (tertiary/aromatic N) is 4. The third kappa shape index (κ3) is 3.96. The van der Waals surface area contributed by atoms with Crippen molar-refractivity contribution >= 4 is 0 Å². The van der Waals surface area contributed by atoms with E-state index in [0.29, 0.717) is 6.07 Å². The van der Waals surface area contributed by atoms with Crippen molar-refractivity contribution in [1.29, 1.82) is 5.26 Å². The summed E-state index contributed by atoms with van der Waals surface area (Å²) in [4.78, 5) is 0. The van der Waals surface area contributed by atoms with E-state index in [1.807, 2.05) is 0 Å². The van der Waals surface area contributed by atoms with Gasteiger partial charge in [-0.3, -0.25) is 0 Å². The van der Waals surface area contributed by atoms with Gasteiger partial charge in [0, 0.05) is 12.6 Å². The molecule has 0 bridgehead atoms. The van der Waals surface area contributed by atoms with Crippen molar-refractivity contribution in [2.24, 2.45) is 7.05 Å². The Bertz CT molecular complexity index is 1150. The molecule has 0 fully saturated rings. The van der Waals surface area contributed by atoms with Crippen molar-refractivity contribution in [1.82, 2.24) is 14.8 Å². The van der Waals surface area contributed by atoms with Crippen molar-refractivity contribution in [2.75, 3.05) is 0 Å². The molecule has 1 aromatic heterocycles. The Hall–Kier alpha value is -3.48. The van der Waals surface area contributed by atoms with E-state index in [2.05, 4.69) is 10.2 Å². The molecule has 30 heavy (non-hydrogen) atoms. The van der Waals surface area contributed by atoms with Crippen LogP contribution in [0.15, 0.2) is 36.4 Å². The van der Waals surface area contributed by atoms with E-state index in [4.69, 9.17) is 10.00 Å². The van der Waals surface area contributed by atoms with Crippen LogP contribution in [0, 0.1) is 23.0 Å². The number of nitriles is 1. The van der Waals surface area contributed by atoms with Crippen LogP contribution < -0.4 is 4.74 Å². The molecule has 1 heterocycles. The zero-order valence-electron chi connectivity index (χ0n) is 16.1. The SMILES string of the molecule is Cn1c(-c2ccc(F)cc2C(F)(F)F)nnc1C(C)(C)Oc1ccc(C#N)cc1F. The first-order valence-electron chi connectivity index (χ1n) is 8.59. The molecular weight excluding hydrogens is 407 g/mol. The lowest BCUT2D eigenvalue weighted by molar-refractivity contribution is -0.137. The summed E-state index contributed by atoms with van der Waals surface area (Å²) in [5.41, 5.74) is -2.74. The van der Waals surface area contributed by atoms with Gasteiger partial charge in [0.1, 0.15) is 5.82 Å². The Morgan fingerprint density at radius 1 is 1.03 bits per heavy atom. The standard InChI is InChI=1S/C20H15F5N4O/c1-19(2,30-16-7-4-11(10-26)8-15(16)22)18-28-27-17(29(18)3)13-6-5-12(21)9-14(13)20(23,24)25/h4-9H,1-3H3. The molecule has 0 unspecified atom stereocenters. The Morgan fingerprint density at radius 2 is 1.73 bits per heavy atom. The minimum Gasteiger partial charge on any atom is -0.477 e. The molecule has 3 aromatic rings. The molecule has 2 aromatic carbocycles. The lowest BCUT2D eigenvalue weighted by Crippen LogP contribution is -2.29. The number of benzene rings is 2. The number of halogens is 5. The summed E-state index contributed by atoms with van der Waals surface area (Å²) in [6.45, 7) is 3.07. The van der Waals surface area contributed by atoms with Gasteiger partial charge in [-0.25, -0.2) is 8.78 Å². The van der Waals surface area contributed by atoms with Crippen LogP contribution in [0.1, 0.15) is 30.8 Å². The van der Waals surface area contributed by atoms with Gasteiger partial charge in [0.05, 0.1) is 17.2 Å². The number of alkyl halides is 3. The molecule has 5 nitrogen and oxygen atoms in total. The van der Waals surface area contributed by atoms with Gasteiger partial charge < -0.3 is 9.30 Å². The highest BCUT2D eigenvalue weighted by Crippen LogP contribution is 2.38. The molecule has 0 radical (unpaired) electrons. The average Bonchev–Trinajstić information content (AvgIpc) is 3.05. The summed E-state index contributed by atoms with van der Waals surface area (Å²) >= 11 is 0. The largest absolute Gasteiger partial charge is 0.477 e. The number of hydrogen-bond donors (Lipinski definition) is 0. The topological polar surface area (TPSA) is 63.7 Å². The van der Waals surface area contributed by atoms with Crippen LogP contribution in [0.25, 0.3) is 11.4 Å². The summed E-state index contributed by atoms with van der Waals surface area (Å²) in [7, 11) is 1.43. The van der Waals surface area contributed by atoms with E-state index >= 15 is 0 Å². The first kappa shape index (κ1) is 21.2. The van der Waals surface area contributed by atoms with Crippen molar-refractivity contribution < 1.29 is 26.7 Å². The molecule has 0 amide bonds. The van der Waals surface area contributed by atoms with Gasteiger partial charge >= 0.3 is 6.18 Å². The quantitative estimate of drug-likeness (QED) is 0.558. The van der Waals surface area contributed by atoms with Crippen molar-refractivity contribution in [3.63, 3.8) is 0 Å². The van der Waals surface area contributed by atoms with Crippen molar-refractivity contribution in [3.8, 4) is 23.2 Å². The fraction of sp³-hybridized carbons (Fsp3) is 0.250. The maximum Gasteiger partial charge on any atom is 0.417 e. The normalized spacial score (nSPS) is 12.0.